The number of methoxy groups -OCH3 is 1. The smallest absolute Gasteiger partial charge is 0.171 e. The van der Waals surface area contributed by atoms with Crippen molar-refractivity contribution in [3.8, 4) is 0 Å². The van der Waals surface area contributed by atoms with Gasteiger partial charge in [-0.15, -0.1) is 11.3 Å². The van der Waals surface area contributed by atoms with Gasteiger partial charge in [-0.1, -0.05) is 25.7 Å². The number of carbonyl (C=O) groups excluding carboxylic acids is 1. The van der Waals surface area contributed by atoms with Crippen LogP contribution in [0.1, 0.15) is 49.2 Å². The number of ether oxygens (including phenoxy) is 1. The summed E-state index contributed by atoms with van der Waals surface area (Å²) in [5.74, 6) is 0.209. The molecule has 0 amide bonds. The molecule has 1 heterocycles. The molecule has 0 saturated heterocycles. The van der Waals surface area contributed by atoms with Gasteiger partial charge in [0.2, 0.25) is 0 Å². The minimum Gasteiger partial charge on any atom is -0.370 e. The largest absolute Gasteiger partial charge is 0.370 e. The zero-order valence-corrected chi connectivity index (χ0v) is 12.0. The number of rotatable bonds is 4. The summed E-state index contributed by atoms with van der Waals surface area (Å²) in [6.07, 6.45) is 6.78. The molecule has 1 aromatic rings. The van der Waals surface area contributed by atoms with Gasteiger partial charge in [0.25, 0.3) is 0 Å². The van der Waals surface area contributed by atoms with E-state index in [9.17, 15) is 4.79 Å². The van der Waals surface area contributed by atoms with E-state index in [-0.39, 0.29) is 5.78 Å². The lowest BCUT2D eigenvalue weighted by Crippen LogP contribution is -2.41. The van der Waals surface area contributed by atoms with Gasteiger partial charge < -0.3 is 4.74 Å². The van der Waals surface area contributed by atoms with E-state index in [2.05, 4.69) is 4.98 Å². The first kappa shape index (κ1) is 13.7. The molecule has 3 nitrogen and oxygen atoms in total. The second-order valence-corrected chi connectivity index (χ2v) is 6.04. The SMILES string of the molecule is COC1(C(=O)Cc2nc(C)cs2)CCCCCC1. The molecule has 1 aliphatic rings. The minimum absolute atomic E-state index is 0.209. The van der Waals surface area contributed by atoms with Crippen LogP contribution in [0.2, 0.25) is 0 Å². The lowest BCUT2D eigenvalue weighted by atomic mass is 9.88. The normalized spacial score (nSPS) is 19.4. The van der Waals surface area contributed by atoms with Gasteiger partial charge >= 0.3 is 0 Å². The van der Waals surface area contributed by atoms with Gasteiger partial charge in [0.05, 0.1) is 6.42 Å². The second-order valence-electron chi connectivity index (χ2n) is 5.10. The van der Waals surface area contributed by atoms with Crippen LogP contribution < -0.4 is 0 Å². The topological polar surface area (TPSA) is 39.2 Å². The number of aryl methyl sites for hydroxylation is 1. The average molecular weight is 267 g/mol. The highest BCUT2D eigenvalue weighted by molar-refractivity contribution is 7.09. The van der Waals surface area contributed by atoms with E-state index in [4.69, 9.17) is 4.74 Å². The first-order valence-corrected chi connectivity index (χ1v) is 7.54. The Morgan fingerprint density at radius 2 is 2.06 bits per heavy atom. The van der Waals surface area contributed by atoms with Crippen LogP contribution in [0.5, 0.6) is 0 Å². The first-order chi connectivity index (χ1) is 8.66. The van der Waals surface area contributed by atoms with E-state index in [1.807, 2.05) is 12.3 Å². The maximum atomic E-state index is 12.5. The lowest BCUT2D eigenvalue weighted by Gasteiger charge is -2.29. The van der Waals surface area contributed by atoms with Crippen molar-refractivity contribution in [1.82, 2.24) is 4.98 Å². The Hall–Kier alpha value is -0.740. The molecule has 0 radical (unpaired) electrons. The fourth-order valence-corrected chi connectivity index (χ4v) is 3.45. The Labute approximate surface area is 113 Å². The molecule has 18 heavy (non-hydrogen) atoms. The van der Waals surface area contributed by atoms with Crippen LogP contribution >= 0.6 is 11.3 Å². The van der Waals surface area contributed by atoms with Crippen molar-refractivity contribution in [2.75, 3.05) is 7.11 Å². The Morgan fingerprint density at radius 3 is 2.56 bits per heavy atom. The zero-order valence-electron chi connectivity index (χ0n) is 11.2. The van der Waals surface area contributed by atoms with Crippen LogP contribution in [0.4, 0.5) is 0 Å². The van der Waals surface area contributed by atoms with Crippen LogP contribution in [0.25, 0.3) is 0 Å². The van der Waals surface area contributed by atoms with Crippen molar-refractivity contribution in [1.29, 1.82) is 0 Å². The summed E-state index contributed by atoms with van der Waals surface area (Å²) in [5.41, 5.74) is 0.450. The maximum absolute atomic E-state index is 12.5. The van der Waals surface area contributed by atoms with Crippen LogP contribution in [-0.2, 0) is 16.0 Å². The molecule has 1 aromatic heterocycles. The van der Waals surface area contributed by atoms with Crippen LogP contribution in [0, 0.1) is 6.92 Å². The van der Waals surface area contributed by atoms with E-state index >= 15 is 0 Å². The molecule has 1 saturated carbocycles. The number of ketones is 1. The molecule has 0 N–H and O–H groups in total. The van der Waals surface area contributed by atoms with Gasteiger partial charge in [-0.2, -0.15) is 0 Å². The third-order valence-electron chi connectivity index (χ3n) is 3.79. The van der Waals surface area contributed by atoms with Crippen molar-refractivity contribution < 1.29 is 9.53 Å². The molecule has 1 aliphatic carbocycles. The van der Waals surface area contributed by atoms with E-state index < -0.39 is 5.60 Å². The maximum Gasteiger partial charge on any atom is 0.171 e. The summed E-state index contributed by atoms with van der Waals surface area (Å²) in [5, 5.41) is 2.91. The predicted molar refractivity (Wildman–Crippen MR) is 73.0 cm³/mol. The number of Topliss-reactive ketones (excluding diaryl/α,β-unsaturated/α-hetero) is 1. The monoisotopic (exact) mass is 267 g/mol. The predicted octanol–water partition coefficient (Wildman–Crippen LogP) is 3.30. The fourth-order valence-electron chi connectivity index (χ4n) is 2.68. The van der Waals surface area contributed by atoms with Gasteiger partial charge in [-0.25, -0.2) is 4.98 Å². The molecule has 1 fully saturated rings. The zero-order chi connectivity index (χ0) is 13.0. The van der Waals surface area contributed by atoms with E-state index in [1.54, 1.807) is 18.4 Å². The summed E-state index contributed by atoms with van der Waals surface area (Å²) in [6.45, 7) is 1.96. The Kier molecular flexibility index (Phi) is 4.51. The van der Waals surface area contributed by atoms with Crippen molar-refractivity contribution in [3.63, 3.8) is 0 Å². The Balaban J connectivity index is 2.08. The van der Waals surface area contributed by atoms with Gasteiger partial charge in [-0.3, -0.25) is 4.79 Å². The number of hydrogen-bond acceptors (Lipinski definition) is 4. The van der Waals surface area contributed by atoms with Crippen molar-refractivity contribution in [3.05, 3.63) is 16.1 Å². The first-order valence-electron chi connectivity index (χ1n) is 6.66. The lowest BCUT2D eigenvalue weighted by molar-refractivity contribution is -0.142. The van der Waals surface area contributed by atoms with Gasteiger partial charge in [0.15, 0.2) is 5.78 Å². The standard InChI is InChI=1S/C14H21NO2S/c1-11-10-18-13(15-11)9-12(16)14(17-2)7-5-3-4-6-8-14/h10H,3-9H2,1-2H3. The molecule has 0 aromatic carbocycles. The van der Waals surface area contributed by atoms with Crippen molar-refractivity contribution in [2.45, 2.75) is 57.5 Å². The molecule has 0 bridgehead atoms. The molecule has 0 unspecified atom stereocenters. The summed E-state index contributed by atoms with van der Waals surface area (Å²) in [6, 6.07) is 0. The van der Waals surface area contributed by atoms with Gasteiger partial charge in [0.1, 0.15) is 10.6 Å². The number of thiazole rings is 1. The molecule has 0 atom stereocenters. The quantitative estimate of drug-likeness (QED) is 0.786. The molecule has 0 aliphatic heterocycles. The van der Waals surface area contributed by atoms with Crippen molar-refractivity contribution in [2.24, 2.45) is 0 Å². The summed E-state index contributed by atoms with van der Waals surface area (Å²) >= 11 is 1.57. The van der Waals surface area contributed by atoms with Crippen molar-refractivity contribution >= 4 is 17.1 Å². The average Bonchev–Trinajstić information content (AvgIpc) is 2.65. The van der Waals surface area contributed by atoms with Crippen LogP contribution in [0.3, 0.4) is 0 Å². The van der Waals surface area contributed by atoms with Crippen LogP contribution in [-0.4, -0.2) is 23.5 Å². The van der Waals surface area contributed by atoms with E-state index in [1.165, 1.54) is 12.8 Å². The highest BCUT2D eigenvalue weighted by atomic mass is 32.1. The molecule has 100 valence electrons. The molecule has 2 rings (SSSR count). The molecule has 4 heteroatoms. The number of nitrogens with zero attached hydrogens (tertiary/aromatic N) is 1. The van der Waals surface area contributed by atoms with E-state index in [0.29, 0.717) is 6.42 Å². The summed E-state index contributed by atoms with van der Waals surface area (Å²) in [4.78, 5) is 16.9. The van der Waals surface area contributed by atoms with Crippen LogP contribution in [0.15, 0.2) is 5.38 Å². The highest BCUT2D eigenvalue weighted by Crippen LogP contribution is 2.32. The second kappa shape index (κ2) is 5.93. The third-order valence-corrected chi connectivity index (χ3v) is 4.76. The third kappa shape index (κ3) is 2.98. The van der Waals surface area contributed by atoms with Gasteiger partial charge in [-0.05, 0) is 19.8 Å². The van der Waals surface area contributed by atoms with Gasteiger partial charge in [0, 0.05) is 18.2 Å². The molecule has 0 spiro atoms. The molecular formula is C14H21NO2S. The van der Waals surface area contributed by atoms with E-state index in [0.717, 1.165) is 36.4 Å². The number of aromatic nitrogens is 1. The Bertz CT molecular complexity index is 406. The minimum atomic E-state index is -0.546. The number of hydrogen-bond donors (Lipinski definition) is 0. The fraction of sp³-hybridized carbons (Fsp3) is 0.714. The number of carbonyl (C=O) groups is 1. The summed E-state index contributed by atoms with van der Waals surface area (Å²) in [7, 11) is 1.68. The Morgan fingerprint density at radius 1 is 1.39 bits per heavy atom. The molecular weight excluding hydrogens is 246 g/mol. The highest BCUT2D eigenvalue weighted by Gasteiger charge is 2.38. The summed E-state index contributed by atoms with van der Waals surface area (Å²) < 4.78 is 5.63.